The van der Waals surface area contributed by atoms with Gasteiger partial charge in [-0.2, -0.15) is 27.2 Å². The quantitative estimate of drug-likeness (QED) is 0.309. The van der Waals surface area contributed by atoms with Crippen LogP contribution < -0.4 is 5.32 Å². The van der Waals surface area contributed by atoms with Gasteiger partial charge >= 0.3 is 12.1 Å². The molecule has 0 atom stereocenters. The van der Waals surface area contributed by atoms with Crippen molar-refractivity contribution in [2.75, 3.05) is 5.32 Å². The fraction of sp³-hybridized carbons (Fsp3) is 0.190. The fourth-order valence-corrected chi connectivity index (χ4v) is 3.16. The van der Waals surface area contributed by atoms with Crippen LogP contribution in [-0.2, 0) is 12.5 Å². The van der Waals surface area contributed by atoms with Gasteiger partial charge < -0.3 is 5.32 Å². The number of anilines is 1. The van der Waals surface area contributed by atoms with E-state index in [2.05, 4.69) is 35.9 Å². The van der Waals surface area contributed by atoms with Crippen LogP contribution in [0.1, 0.15) is 17.1 Å². The Kier molecular flexibility index (Phi) is 7.64. The number of aromatic nitrogens is 6. The minimum absolute atomic E-state index is 0. The maximum absolute atomic E-state index is 13.7. The normalized spacial score (nSPS) is 11.7. The summed E-state index contributed by atoms with van der Waals surface area (Å²) in [6.45, 7) is 1.40. The number of nitrogens with zero attached hydrogens (tertiary/aromatic N) is 5. The van der Waals surface area contributed by atoms with Gasteiger partial charge in [-0.1, -0.05) is 48.5 Å². The molecule has 2 aromatic heterocycles. The average molecular weight is 484 g/mol. The second-order valence-electron chi connectivity index (χ2n) is 7.09. The summed E-state index contributed by atoms with van der Waals surface area (Å²) in [6.07, 6.45) is -5.75. The Morgan fingerprint density at radius 1 is 0.912 bits per heavy atom. The van der Waals surface area contributed by atoms with Gasteiger partial charge in [0, 0.05) is 47.7 Å². The Morgan fingerprint density at radius 2 is 1.59 bits per heavy atom. The molecule has 0 aliphatic heterocycles. The first-order valence-electron chi connectivity index (χ1n) is 9.62. The fourth-order valence-electron chi connectivity index (χ4n) is 3.16. The summed E-state index contributed by atoms with van der Waals surface area (Å²) in [5.74, 6) is -4.97. The van der Waals surface area contributed by atoms with Gasteiger partial charge in [0.15, 0.2) is 0 Å². The van der Waals surface area contributed by atoms with Gasteiger partial charge in [-0.3, -0.25) is 0 Å². The molecule has 2 aromatic carbocycles. The Bertz CT molecular complexity index is 1250. The molecule has 0 spiro atoms. The summed E-state index contributed by atoms with van der Waals surface area (Å²) in [5, 5.41) is 16.8. The van der Waals surface area contributed by atoms with Crippen molar-refractivity contribution in [2.24, 2.45) is 0 Å². The minimum atomic E-state index is -5.75. The summed E-state index contributed by atoms with van der Waals surface area (Å²) < 4.78 is 65.4. The van der Waals surface area contributed by atoms with Crippen molar-refractivity contribution < 1.29 is 22.0 Å². The first-order valence-corrected chi connectivity index (χ1v) is 9.62. The van der Waals surface area contributed by atoms with Crippen LogP contribution in [0, 0.1) is 6.92 Å². The largest absolute Gasteiger partial charge is 0.459 e. The third-order valence-corrected chi connectivity index (χ3v) is 4.77. The third-order valence-electron chi connectivity index (χ3n) is 4.77. The molecule has 2 N–H and O–H groups in total. The first kappa shape index (κ1) is 25.7. The monoisotopic (exact) mass is 484 g/mol. The van der Waals surface area contributed by atoms with Crippen LogP contribution >= 0.6 is 0 Å². The number of hydrogen-bond donors (Lipinski definition) is 2. The summed E-state index contributed by atoms with van der Waals surface area (Å²) >= 11 is 0. The molecule has 4 rings (SSSR count). The van der Waals surface area contributed by atoms with Crippen molar-refractivity contribution in [1.29, 1.82) is 0 Å². The Balaban J connectivity index is 0.00000324. The summed E-state index contributed by atoms with van der Waals surface area (Å²) in [5.41, 5.74) is 1.90. The maximum atomic E-state index is 13.7. The van der Waals surface area contributed by atoms with Crippen molar-refractivity contribution in [3.8, 4) is 22.5 Å². The number of benzene rings is 2. The molecule has 34 heavy (non-hydrogen) atoms. The molecule has 0 fully saturated rings. The number of aromatic amines is 1. The number of tetrazole rings is 1. The molecule has 0 aliphatic rings. The number of hydrogen-bond acceptors (Lipinski definition) is 6. The van der Waals surface area contributed by atoms with Crippen LogP contribution in [0.2, 0.25) is 0 Å². The molecule has 0 saturated carbocycles. The topological polar surface area (TPSA) is 92.3 Å². The third kappa shape index (κ3) is 5.40. The van der Waals surface area contributed by atoms with E-state index in [0.29, 0.717) is 11.9 Å². The standard InChI is InChI=1S/C21H16F5N7.Na/c1-12-28-17(20(22,23)21(24,25)26)10-18(29-12)27-11-13-6-8-14(9-7-13)15-4-2-3-5-16(15)19-30-32-33-31-19;/h2-10H,11H2,1H3,(H,27,28,29)(H,30,31,32,33);. The van der Waals surface area contributed by atoms with E-state index < -0.39 is 17.8 Å². The van der Waals surface area contributed by atoms with E-state index in [1.807, 2.05) is 36.4 Å². The second-order valence-corrected chi connectivity index (χ2v) is 7.09. The summed E-state index contributed by atoms with van der Waals surface area (Å²) in [6, 6.07) is 15.4. The summed E-state index contributed by atoms with van der Waals surface area (Å²) in [4.78, 5) is 7.17. The molecular weight excluding hydrogens is 468 g/mol. The van der Waals surface area contributed by atoms with Crippen LogP contribution in [-0.4, -0.2) is 66.3 Å². The second kappa shape index (κ2) is 10.1. The zero-order chi connectivity index (χ0) is 23.6. The smallest absolute Gasteiger partial charge is 0.366 e. The van der Waals surface area contributed by atoms with Crippen molar-refractivity contribution >= 4 is 35.4 Å². The SMILES string of the molecule is Cc1nc(NCc2ccc(-c3ccccc3-c3nn[nH]n3)cc2)cc(C(F)(F)C(F)(F)F)n1.[Na]. The minimum Gasteiger partial charge on any atom is -0.366 e. The van der Waals surface area contributed by atoms with E-state index in [9.17, 15) is 22.0 Å². The van der Waals surface area contributed by atoms with Crippen molar-refractivity contribution in [1.82, 2.24) is 30.6 Å². The number of nitrogens with one attached hydrogen (secondary N) is 2. The van der Waals surface area contributed by atoms with Crippen molar-refractivity contribution in [2.45, 2.75) is 25.6 Å². The van der Waals surface area contributed by atoms with Crippen LogP contribution in [0.25, 0.3) is 22.5 Å². The Labute approximate surface area is 212 Å². The first-order chi connectivity index (χ1) is 15.6. The number of alkyl halides is 5. The van der Waals surface area contributed by atoms with Gasteiger partial charge in [0.05, 0.1) is 0 Å². The molecule has 2 heterocycles. The van der Waals surface area contributed by atoms with E-state index in [1.165, 1.54) is 6.92 Å². The van der Waals surface area contributed by atoms with Crippen LogP contribution in [0.5, 0.6) is 0 Å². The van der Waals surface area contributed by atoms with Crippen molar-refractivity contribution in [3.63, 3.8) is 0 Å². The summed E-state index contributed by atoms with van der Waals surface area (Å²) in [7, 11) is 0. The average Bonchev–Trinajstić information content (AvgIpc) is 3.32. The zero-order valence-corrected chi connectivity index (χ0v) is 20.0. The predicted octanol–water partition coefficient (Wildman–Crippen LogP) is 4.52. The molecule has 0 unspecified atom stereocenters. The zero-order valence-electron chi connectivity index (χ0n) is 18.0. The molecule has 4 aromatic rings. The van der Waals surface area contributed by atoms with E-state index in [4.69, 9.17) is 0 Å². The Morgan fingerprint density at radius 3 is 2.21 bits per heavy atom. The van der Waals surface area contributed by atoms with Gasteiger partial charge in [-0.25, -0.2) is 9.97 Å². The number of halogens is 5. The van der Waals surface area contributed by atoms with Crippen LogP contribution in [0.3, 0.4) is 0 Å². The predicted molar refractivity (Wildman–Crippen MR) is 115 cm³/mol. The van der Waals surface area contributed by atoms with Gasteiger partial charge in [0.25, 0.3) is 0 Å². The molecule has 7 nitrogen and oxygen atoms in total. The molecule has 171 valence electrons. The molecule has 0 bridgehead atoms. The van der Waals surface area contributed by atoms with Crippen LogP contribution in [0.15, 0.2) is 54.6 Å². The molecule has 0 saturated heterocycles. The maximum Gasteiger partial charge on any atom is 0.459 e. The van der Waals surface area contributed by atoms with Gasteiger partial charge in [0.1, 0.15) is 17.3 Å². The molecule has 0 amide bonds. The van der Waals surface area contributed by atoms with Crippen molar-refractivity contribution in [3.05, 3.63) is 71.7 Å². The van der Waals surface area contributed by atoms with Gasteiger partial charge in [-0.05, 0) is 28.8 Å². The molecule has 13 heteroatoms. The van der Waals surface area contributed by atoms with Gasteiger partial charge in [-0.15, -0.1) is 10.2 Å². The number of rotatable bonds is 6. The van der Waals surface area contributed by atoms with E-state index in [0.717, 1.165) is 22.3 Å². The Hall–Kier alpha value is -2.96. The van der Waals surface area contributed by atoms with E-state index >= 15 is 0 Å². The molecule has 0 aliphatic carbocycles. The molecular formula is C21H16F5N7Na. The van der Waals surface area contributed by atoms with E-state index in [-0.39, 0.29) is 47.7 Å². The number of aryl methyl sites for hydroxylation is 1. The number of H-pyrrole nitrogens is 1. The molecule has 1 radical (unpaired) electrons. The van der Waals surface area contributed by atoms with E-state index in [1.54, 1.807) is 12.1 Å². The van der Waals surface area contributed by atoms with Gasteiger partial charge in [0.2, 0.25) is 5.82 Å². The van der Waals surface area contributed by atoms with Crippen LogP contribution in [0.4, 0.5) is 27.8 Å².